The lowest BCUT2D eigenvalue weighted by molar-refractivity contribution is -0.185. The van der Waals surface area contributed by atoms with E-state index in [1.54, 1.807) is 26.8 Å². The zero-order chi connectivity index (χ0) is 44.9. The Bertz CT molecular complexity index is 1430. The highest BCUT2D eigenvalue weighted by Crippen LogP contribution is 2.38. The molecule has 0 saturated carbocycles. The first-order valence-electron chi connectivity index (χ1n) is 22.9. The number of nitrogens with one attached hydrogen (secondary N) is 1. The molecule has 1 aromatic rings. The topological polar surface area (TPSA) is 139 Å². The van der Waals surface area contributed by atoms with Crippen LogP contribution in [0.5, 0.6) is 5.75 Å². The van der Waals surface area contributed by atoms with Crippen LogP contribution < -0.4 is 10.1 Å². The molecule has 60 heavy (non-hydrogen) atoms. The van der Waals surface area contributed by atoms with E-state index in [2.05, 4.69) is 53.0 Å². The smallest absolute Gasteiger partial charge is 0.339 e. The van der Waals surface area contributed by atoms with E-state index in [0.29, 0.717) is 32.0 Å². The Labute approximate surface area is 364 Å². The van der Waals surface area contributed by atoms with E-state index in [9.17, 15) is 19.5 Å². The molecule has 344 valence electrons. The van der Waals surface area contributed by atoms with Gasteiger partial charge in [-0.25, -0.2) is 9.59 Å². The number of hydrogen-bond acceptors (Lipinski definition) is 10. The Kier molecular flexibility index (Phi) is 23.1. The molecular weight excluding hydrogens is 779 g/mol. The van der Waals surface area contributed by atoms with Gasteiger partial charge in [0.1, 0.15) is 17.4 Å². The lowest BCUT2D eigenvalue weighted by Gasteiger charge is -2.38. The van der Waals surface area contributed by atoms with Gasteiger partial charge in [0.25, 0.3) is 0 Å². The summed E-state index contributed by atoms with van der Waals surface area (Å²) in [5.41, 5.74) is -2.48. The Morgan fingerprint density at radius 3 is 1.98 bits per heavy atom. The predicted molar refractivity (Wildman–Crippen MR) is 241 cm³/mol. The van der Waals surface area contributed by atoms with Gasteiger partial charge in [0, 0.05) is 32.3 Å². The third kappa shape index (κ3) is 18.7. The standard InChI is InChI=1S/C48H83NO10Si/c1-12-14-16-20-23-30-47(56-35-36-57-47)31-24-21-18-17-19-22-25-40(48(53,44(52)59-45(3,4)5)32-34-58-60(10,11)46(6,7)8)42(50)49-41(43(51)54-9)37-38-26-28-39(29-27-38)55-33-15-13-2/h22,25-29,40-41,53H,12-21,23-24,30-37H2,1-11H3,(H,49,50)/t40-,41+,48+/m1/s1. The maximum atomic E-state index is 14.5. The fourth-order valence-electron chi connectivity index (χ4n) is 6.93. The van der Waals surface area contributed by atoms with Crippen LogP contribution in [-0.2, 0) is 44.2 Å². The first-order valence-corrected chi connectivity index (χ1v) is 25.8. The molecule has 0 aromatic heterocycles. The third-order valence-electron chi connectivity index (χ3n) is 11.7. The van der Waals surface area contributed by atoms with E-state index in [0.717, 1.165) is 63.4 Å². The van der Waals surface area contributed by atoms with Gasteiger partial charge in [0.05, 0.1) is 32.8 Å². The Morgan fingerprint density at radius 1 is 0.850 bits per heavy atom. The molecule has 12 heteroatoms. The van der Waals surface area contributed by atoms with Crippen molar-refractivity contribution in [2.24, 2.45) is 5.92 Å². The van der Waals surface area contributed by atoms with Crippen molar-refractivity contribution in [1.82, 2.24) is 5.32 Å². The fourth-order valence-corrected chi connectivity index (χ4v) is 7.98. The van der Waals surface area contributed by atoms with Gasteiger partial charge >= 0.3 is 11.9 Å². The molecule has 1 amide bonds. The van der Waals surface area contributed by atoms with Crippen molar-refractivity contribution < 1.29 is 47.6 Å². The van der Waals surface area contributed by atoms with Gasteiger partial charge in [-0.2, -0.15) is 0 Å². The van der Waals surface area contributed by atoms with E-state index in [4.69, 9.17) is 28.1 Å². The normalized spacial score (nSPS) is 16.6. The number of aliphatic hydroxyl groups is 1. The minimum Gasteiger partial charge on any atom is -0.494 e. The van der Waals surface area contributed by atoms with Gasteiger partial charge in [0.2, 0.25) is 5.91 Å². The summed E-state index contributed by atoms with van der Waals surface area (Å²) < 4.78 is 35.4. The average molecular weight is 862 g/mol. The fraction of sp³-hybridized carbons (Fsp3) is 0.771. The maximum absolute atomic E-state index is 14.5. The minimum atomic E-state index is -2.31. The van der Waals surface area contributed by atoms with Crippen molar-refractivity contribution in [3.63, 3.8) is 0 Å². The largest absolute Gasteiger partial charge is 0.494 e. The molecule has 0 bridgehead atoms. The highest BCUT2D eigenvalue weighted by atomic mass is 28.4. The van der Waals surface area contributed by atoms with Crippen LogP contribution in [0.25, 0.3) is 0 Å². The van der Waals surface area contributed by atoms with Gasteiger partial charge in [-0.1, -0.05) is 104 Å². The second-order valence-electron chi connectivity index (χ2n) is 19.0. The summed E-state index contributed by atoms with van der Waals surface area (Å²) in [5, 5.41) is 15.2. The molecular formula is C48H83NO10Si. The maximum Gasteiger partial charge on any atom is 0.339 e. The minimum absolute atomic E-state index is 0.0324. The van der Waals surface area contributed by atoms with Crippen molar-refractivity contribution in [3.05, 3.63) is 42.0 Å². The van der Waals surface area contributed by atoms with Crippen LogP contribution in [0.15, 0.2) is 36.4 Å². The number of amides is 1. The van der Waals surface area contributed by atoms with Crippen molar-refractivity contribution in [3.8, 4) is 5.75 Å². The SMILES string of the molecule is CCCCCCCC1(CCCCCCC=C[C@H](C(=O)N[C@@H](Cc2ccc(OCCCC)cc2)C(=O)OC)[C@@](O)(CCO[Si](C)(C)C(C)(C)C)C(=O)OC(C)(C)C)OCCO1. The highest BCUT2D eigenvalue weighted by molar-refractivity contribution is 6.74. The second kappa shape index (κ2) is 26.0. The van der Waals surface area contributed by atoms with E-state index in [-0.39, 0.29) is 24.5 Å². The van der Waals surface area contributed by atoms with Crippen molar-refractivity contribution in [1.29, 1.82) is 0 Å². The average Bonchev–Trinajstić information content (AvgIpc) is 3.64. The molecule has 3 atom stereocenters. The molecule has 1 aliphatic rings. The quantitative estimate of drug-likeness (QED) is 0.0346. The first kappa shape index (κ1) is 53.4. The Hall–Kier alpha value is -2.77. The molecule has 1 aromatic carbocycles. The molecule has 11 nitrogen and oxygen atoms in total. The van der Waals surface area contributed by atoms with Gasteiger partial charge in [0.15, 0.2) is 19.7 Å². The summed E-state index contributed by atoms with van der Waals surface area (Å²) in [6.45, 7) is 21.9. The van der Waals surface area contributed by atoms with Crippen LogP contribution in [-0.4, -0.2) is 87.8 Å². The monoisotopic (exact) mass is 862 g/mol. The van der Waals surface area contributed by atoms with Crippen LogP contribution in [0, 0.1) is 5.92 Å². The number of hydrogen-bond donors (Lipinski definition) is 2. The number of rotatable bonds is 29. The summed E-state index contributed by atoms with van der Waals surface area (Å²) >= 11 is 0. The number of allylic oxidation sites excluding steroid dienone is 1. The predicted octanol–water partition coefficient (Wildman–Crippen LogP) is 10.2. The summed E-state index contributed by atoms with van der Waals surface area (Å²) in [4.78, 5) is 41.7. The van der Waals surface area contributed by atoms with Crippen molar-refractivity contribution in [2.45, 2.75) is 199 Å². The number of carbonyl (C=O) groups is 3. The van der Waals surface area contributed by atoms with E-state index in [1.165, 1.54) is 32.8 Å². The van der Waals surface area contributed by atoms with Crippen LogP contribution in [0.3, 0.4) is 0 Å². The molecule has 1 heterocycles. The molecule has 0 aliphatic carbocycles. The second-order valence-corrected chi connectivity index (χ2v) is 23.9. The number of carbonyl (C=O) groups excluding carboxylic acids is 3. The van der Waals surface area contributed by atoms with Gasteiger partial charge < -0.3 is 38.5 Å². The summed E-state index contributed by atoms with van der Waals surface area (Å²) in [5.74, 6) is -3.41. The number of methoxy groups -OCH3 is 1. The zero-order valence-electron chi connectivity index (χ0n) is 39.4. The number of benzene rings is 1. The lowest BCUT2D eigenvalue weighted by atomic mass is 9.82. The number of esters is 2. The van der Waals surface area contributed by atoms with Crippen LogP contribution in [0.1, 0.15) is 157 Å². The number of unbranched alkanes of at least 4 members (excludes halogenated alkanes) is 9. The van der Waals surface area contributed by atoms with E-state index in [1.807, 2.05) is 30.3 Å². The molecule has 1 fully saturated rings. The van der Waals surface area contributed by atoms with E-state index < -0.39 is 55.1 Å². The van der Waals surface area contributed by atoms with Crippen LogP contribution in [0.2, 0.25) is 18.1 Å². The Balaban J connectivity index is 2.30. The molecule has 2 rings (SSSR count). The van der Waals surface area contributed by atoms with Crippen molar-refractivity contribution in [2.75, 3.05) is 33.5 Å². The molecule has 1 aliphatic heterocycles. The summed E-state index contributed by atoms with van der Waals surface area (Å²) in [6.07, 6.45) is 17.6. The lowest BCUT2D eigenvalue weighted by Crippen LogP contribution is -2.57. The highest BCUT2D eigenvalue weighted by Gasteiger charge is 2.50. The molecule has 2 N–H and O–H groups in total. The zero-order valence-corrected chi connectivity index (χ0v) is 40.4. The molecule has 0 unspecified atom stereocenters. The van der Waals surface area contributed by atoms with Gasteiger partial charge in [-0.05, 0) is 88.7 Å². The summed E-state index contributed by atoms with van der Waals surface area (Å²) in [7, 11) is -1.03. The third-order valence-corrected chi connectivity index (χ3v) is 16.3. The first-order chi connectivity index (χ1) is 28.2. The summed E-state index contributed by atoms with van der Waals surface area (Å²) in [6, 6.07) is 6.26. The Morgan fingerprint density at radius 2 is 1.43 bits per heavy atom. The van der Waals surface area contributed by atoms with E-state index >= 15 is 0 Å². The van der Waals surface area contributed by atoms with Crippen molar-refractivity contribution >= 4 is 26.2 Å². The van der Waals surface area contributed by atoms with Crippen LogP contribution in [0.4, 0.5) is 0 Å². The van der Waals surface area contributed by atoms with Gasteiger partial charge in [-0.15, -0.1) is 0 Å². The van der Waals surface area contributed by atoms with Crippen LogP contribution >= 0.6 is 0 Å². The molecule has 0 radical (unpaired) electrons. The molecule has 0 spiro atoms. The number of ether oxygens (including phenoxy) is 5. The molecule has 1 saturated heterocycles. The van der Waals surface area contributed by atoms with Gasteiger partial charge in [-0.3, -0.25) is 4.79 Å².